The van der Waals surface area contributed by atoms with Gasteiger partial charge >= 0.3 is 0 Å². The molecule has 0 bridgehead atoms. The predicted molar refractivity (Wildman–Crippen MR) is 113 cm³/mol. The number of nitrogens with zero attached hydrogens (tertiary/aromatic N) is 3. The number of nitro groups is 1. The fraction of sp³-hybridized carbons (Fsp3) is 0.143. The number of anilines is 1. The van der Waals surface area contributed by atoms with E-state index < -0.39 is 4.92 Å². The molecular weight excluding hydrogens is 392 g/mol. The number of aryl methyl sites for hydroxylation is 1. The van der Waals surface area contributed by atoms with E-state index in [1.165, 1.54) is 24.3 Å². The van der Waals surface area contributed by atoms with Gasteiger partial charge in [0.15, 0.2) is 0 Å². The van der Waals surface area contributed by atoms with Crippen molar-refractivity contribution in [1.29, 1.82) is 0 Å². The fourth-order valence-electron chi connectivity index (χ4n) is 2.90. The highest BCUT2D eigenvalue weighted by Gasteiger charge is 2.14. The molecule has 8 heteroatoms. The smallest absolute Gasteiger partial charge is 0.270 e. The molecule has 0 aliphatic heterocycles. The molecule has 0 saturated carbocycles. The van der Waals surface area contributed by atoms with Gasteiger partial charge in [0.05, 0.1) is 28.5 Å². The Bertz CT molecular complexity index is 1110. The summed E-state index contributed by atoms with van der Waals surface area (Å²) in [6.07, 6.45) is 2.87. The number of benzene rings is 2. The molecule has 0 spiro atoms. The molecule has 0 aliphatic carbocycles. The van der Waals surface area contributed by atoms with Gasteiger partial charge < -0.3 is 5.32 Å². The van der Waals surface area contributed by atoms with E-state index >= 15 is 0 Å². The van der Waals surface area contributed by atoms with E-state index in [4.69, 9.17) is 11.6 Å². The molecule has 3 aromatic rings. The Morgan fingerprint density at radius 3 is 2.72 bits per heavy atom. The zero-order valence-electron chi connectivity index (χ0n) is 15.9. The summed E-state index contributed by atoms with van der Waals surface area (Å²) in [6.45, 7) is 4.18. The number of hydrogen-bond acceptors (Lipinski definition) is 4. The monoisotopic (exact) mass is 410 g/mol. The van der Waals surface area contributed by atoms with Gasteiger partial charge in [0.2, 0.25) is 5.91 Å². The number of nitro benzene ring substituents is 1. The van der Waals surface area contributed by atoms with Gasteiger partial charge in [0.25, 0.3) is 5.69 Å². The number of aromatic nitrogens is 2. The van der Waals surface area contributed by atoms with Crippen LogP contribution in [0.25, 0.3) is 6.08 Å². The molecule has 3 rings (SSSR count). The zero-order valence-corrected chi connectivity index (χ0v) is 16.7. The fourth-order valence-corrected chi connectivity index (χ4v) is 3.09. The van der Waals surface area contributed by atoms with Crippen LogP contribution in [-0.2, 0) is 11.3 Å². The lowest BCUT2D eigenvalue weighted by Gasteiger charge is -2.07. The largest absolute Gasteiger partial charge is 0.319 e. The zero-order chi connectivity index (χ0) is 21.0. The first-order chi connectivity index (χ1) is 13.8. The molecule has 29 heavy (non-hydrogen) atoms. The Hall–Kier alpha value is -3.45. The highest BCUT2D eigenvalue weighted by atomic mass is 35.5. The Morgan fingerprint density at radius 2 is 2.00 bits per heavy atom. The van der Waals surface area contributed by atoms with Crippen molar-refractivity contribution in [2.45, 2.75) is 20.4 Å². The summed E-state index contributed by atoms with van der Waals surface area (Å²) in [5, 5.41) is 18.8. The van der Waals surface area contributed by atoms with Gasteiger partial charge in [0, 0.05) is 23.2 Å². The number of amides is 1. The second-order valence-corrected chi connectivity index (χ2v) is 6.88. The minimum absolute atomic E-state index is 0.0277. The quantitative estimate of drug-likeness (QED) is 0.360. The van der Waals surface area contributed by atoms with Gasteiger partial charge in [-0.25, -0.2) is 0 Å². The van der Waals surface area contributed by atoms with Crippen molar-refractivity contribution in [2.75, 3.05) is 5.32 Å². The molecule has 0 fully saturated rings. The van der Waals surface area contributed by atoms with Crippen LogP contribution in [0.4, 0.5) is 11.4 Å². The topological polar surface area (TPSA) is 90.1 Å². The van der Waals surface area contributed by atoms with Gasteiger partial charge in [0.1, 0.15) is 0 Å². The Kier molecular flexibility index (Phi) is 6.09. The van der Waals surface area contributed by atoms with E-state index in [0.717, 1.165) is 11.3 Å². The molecule has 1 aromatic heterocycles. The maximum absolute atomic E-state index is 12.3. The lowest BCUT2D eigenvalue weighted by molar-refractivity contribution is -0.384. The van der Waals surface area contributed by atoms with E-state index in [1.54, 1.807) is 16.8 Å². The number of nitrogens with one attached hydrogen (secondary N) is 1. The van der Waals surface area contributed by atoms with Crippen LogP contribution in [0.1, 0.15) is 22.5 Å². The maximum atomic E-state index is 12.3. The number of non-ortho nitro benzene ring substituents is 1. The standard InChI is InChI=1S/C21H19ClN4O3/c1-14-21(15(2)25(24-14)13-17-7-3-4-9-19(17)22)23-20(27)11-10-16-6-5-8-18(12-16)26(28)29/h3-12H,13H2,1-2H3,(H,23,27)/b11-10+. The number of halogens is 1. The van der Waals surface area contributed by atoms with Crippen LogP contribution in [0.3, 0.4) is 0 Å². The predicted octanol–water partition coefficient (Wildman–Crippen LogP) is 4.76. The molecule has 0 saturated heterocycles. The molecule has 0 aliphatic rings. The van der Waals surface area contributed by atoms with E-state index in [1.807, 2.05) is 38.1 Å². The van der Waals surface area contributed by atoms with Crippen LogP contribution in [0.15, 0.2) is 54.6 Å². The van der Waals surface area contributed by atoms with Crippen molar-refractivity contribution in [1.82, 2.24) is 9.78 Å². The third-order valence-electron chi connectivity index (χ3n) is 4.42. The van der Waals surface area contributed by atoms with E-state index in [9.17, 15) is 14.9 Å². The first-order valence-corrected chi connectivity index (χ1v) is 9.24. The first kappa shape index (κ1) is 20.3. The maximum Gasteiger partial charge on any atom is 0.270 e. The summed E-state index contributed by atoms with van der Waals surface area (Å²) in [6, 6.07) is 13.6. The Labute approximate surface area is 172 Å². The summed E-state index contributed by atoms with van der Waals surface area (Å²) in [7, 11) is 0. The summed E-state index contributed by atoms with van der Waals surface area (Å²) >= 11 is 6.23. The van der Waals surface area contributed by atoms with Crippen LogP contribution >= 0.6 is 11.6 Å². The van der Waals surface area contributed by atoms with Gasteiger partial charge in [-0.2, -0.15) is 5.10 Å². The second kappa shape index (κ2) is 8.70. The summed E-state index contributed by atoms with van der Waals surface area (Å²) < 4.78 is 1.79. The molecule has 7 nitrogen and oxygen atoms in total. The summed E-state index contributed by atoms with van der Waals surface area (Å²) in [5.74, 6) is -0.347. The van der Waals surface area contributed by atoms with Crippen LogP contribution < -0.4 is 5.32 Å². The van der Waals surface area contributed by atoms with Crippen LogP contribution in [0.2, 0.25) is 5.02 Å². The van der Waals surface area contributed by atoms with Crippen molar-refractivity contribution in [2.24, 2.45) is 0 Å². The molecular formula is C21H19ClN4O3. The molecule has 0 unspecified atom stereocenters. The molecule has 1 heterocycles. The van der Waals surface area contributed by atoms with Gasteiger partial charge in [-0.3, -0.25) is 19.6 Å². The van der Waals surface area contributed by atoms with E-state index in [-0.39, 0.29) is 11.6 Å². The van der Waals surface area contributed by atoms with Crippen molar-refractivity contribution < 1.29 is 9.72 Å². The average Bonchev–Trinajstić information content (AvgIpc) is 2.96. The Balaban J connectivity index is 1.74. The minimum atomic E-state index is -0.475. The van der Waals surface area contributed by atoms with E-state index in [0.29, 0.717) is 28.5 Å². The van der Waals surface area contributed by atoms with Crippen LogP contribution in [0.5, 0.6) is 0 Å². The van der Waals surface area contributed by atoms with Crippen molar-refractivity contribution in [3.05, 3.63) is 92.3 Å². The molecule has 1 N–H and O–H groups in total. The van der Waals surface area contributed by atoms with E-state index in [2.05, 4.69) is 10.4 Å². The van der Waals surface area contributed by atoms with Gasteiger partial charge in [-0.15, -0.1) is 0 Å². The number of hydrogen-bond donors (Lipinski definition) is 1. The highest BCUT2D eigenvalue weighted by molar-refractivity contribution is 6.31. The van der Waals surface area contributed by atoms with Crippen molar-refractivity contribution >= 4 is 35.0 Å². The second-order valence-electron chi connectivity index (χ2n) is 6.47. The first-order valence-electron chi connectivity index (χ1n) is 8.86. The number of carbonyl (C=O) groups excluding carboxylic acids is 1. The average molecular weight is 411 g/mol. The lowest BCUT2D eigenvalue weighted by atomic mass is 10.2. The molecule has 0 atom stereocenters. The van der Waals surface area contributed by atoms with Gasteiger partial charge in [-0.1, -0.05) is 41.9 Å². The molecule has 2 aromatic carbocycles. The van der Waals surface area contributed by atoms with Crippen molar-refractivity contribution in [3.63, 3.8) is 0 Å². The number of carbonyl (C=O) groups is 1. The highest BCUT2D eigenvalue weighted by Crippen LogP contribution is 2.23. The number of rotatable bonds is 6. The molecule has 148 valence electrons. The van der Waals surface area contributed by atoms with Crippen molar-refractivity contribution in [3.8, 4) is 0 Å². The normalized spacial score (nSPS) is 11.0. The Morgan fingerprint density at radius 1 is 1.24 bits per heavy atom. The third-order valence-corrected chi connectivity index (χ3v) is 4.78. The SMILES string of the molecule is Cc1nn(Cc2ccccc2Cl)c(C)c1NC(=O)/C=C/c1cccc([N+](=O)[O-])c1. The minimum Gasteiger partial charge on any atom is -0.319 e. The third kappa shape index (κ3) is 4.89. The lowest BCUT2D eigenvalue weighted by Crippen LogP contribution is -2.10. The van der Waals surface area contributed by atoms with Crippen LogP contribution in [-0.4, -0.2) is 20.6 Å². The molecule has 0 radical (unpaired) electrons. The van der Waals surface area contributed by atoms with Crippen LogP contribution in [0, 0.1) is 24.0 Å². The summed E-state index contributed by atoms with van der Waals surface area (Å²) in [5.41, 5.74) is 3.59. The summed E-state index contributed by atoms with van der Waals surface area (Å²) in [4.78, 5) is 22.7. The van der Waals surface area contributed by atoms with Gasteiger partial charge in [-0.05, 0) is 37.1 Å². The molecule has 1 amide bonds.